The van der Waals surface area contributed by atoms with Gasteiger partial charge in [0.1, 0.15) is 94.3 Å². The van der Waals surface area contributed by atoms with Crippen LogP contribution in [0.1, 0.15) is 201 Å². The summed E-state index contributed by atoms with van der Waals surface area (Å²) in [5.74, 6) is -2.47. The number of ether oxygens (including phenoxy) is 3. The van der Waals surface area contributed by atoms with Gasteiger partial charge >= 0.3 is 48.7 Å². The van der Waals surface area contributed by atoms with Crippen molar-refractivity contribution in [3.63, 3.8) is 0 Å². The van der Waals surface area contributed by atoms with Crippen molar-refractivity contribution in [3.8, 4) is 33.8 Å². The lowest BCUT2D eigenvalue weighted by atomic mass is 9.93. The fourth-order valence-corrected chi connectivity index (χ4v) is 15.0. The summed E-state index contributed by atoms with van der Waals surface area (Å²) in [7, 11) is 0. The van der Waals surface area contributed by atoms with Crippen LogP contribution in [0.5, 0.6) is 0 Å². The van der Waals surface area contributed by atoms with Gasteiger partial charge in [0, 0.05) is 44.8 Å². The maximum absolute atomic E-state index is 12.9. The van der Waals surface area contributed by atoms with Crippen LogP contribution in [0.15, 0.2) is 91.0 Å². The number of aromatic amines is 3. The number of alkyl halides is 13. The Hall–Kier alpha value is -12.7. The van der Waals surface area contributed by atoms with Crippen LogP contribution in [0, 0.1) is 33.1 Å². The van der Waals surface area contributed by atoms with Gasteiger partial charge in [-0.1, -0.05) is 58.4 Å². The molecule has 5 aliphatic rings. The molecule has 44 heteroatoms. The number of nitrogens with two attached hydrogens (primary N) is 1. The molecule has 8 heterocycles. The molecule has 16 rings (SSSR count). The van der Waals surface area contributed by atoms with E-state index < -0.39 is 96.6 Å². The molecule has 0 radical (unpaired) electrons. The van der Waals surface area contributed by atoms with Crippen molar-refractivity contribution in [1.82, 2.24) is 65.5 Å². The van der Waals surface area contributed by atoms with Crippen molar-refractivity contribution >= 4 is 143 Å². The number of hydrogen-bond acceptors (Lipinski definition) is 24. The lowest BCUT2D eigenvalue weighted by Crippen LogP contribution is -2.40. The Morgan fingerprint density at radius 3 is 1.25 bits per heavy atom. The van der Waals surface area contributed by atoms with Crippen LogP contribution in [0.2, 0.25) is 0 Å². The molecule has 0 unspecified atom stereocenters. The summed E-state index contributed by atoms with van der Waals surface area (Å²) in [6, 6.07) is 25.4. The van der Waals surface area contributed by atoms with E-state index in [2.05, 4.69) is 103 Å². The van der Waals surface area contributed by atoms with E-state index in [1.807, 2.05) is 12.1 Å². The number of amides is 2. The molecule has 0 saturated heterocycles. The Balaban J connectivity index is 0.000000165. The van der Waals surface area contributed by atoms with Gasteiger partial charge in [-0.15, -0.1) is 12.4 Å². The fraction of sp³-hybridized carbons (Fsp3) is 0.422. The summed E-state index contributed by atoms with van der Waals surface area (Å²) < 4.78 is 167. The third kappa shape index (κ3) is 25.2. The zero-order valence-electron chi connectivity index (χ0n) is 74.4. The Labute approximate surface area is 772 Å². The average Bonchev–Trinajstić information content (AvgIpc) is 1.55. The van der Waals surface area contributed by atoms with Crippen molar-refractivity contribution in [1.29, 1.82) is 0 Å². The first-order valence-electron chi connectivity index (χ1n) is 41.9. The molecule has 716 valence electrons. The van der Waals surface area contributed by atoms with Crippen LogP contribution in [-0.2, 0) is 45.2 Å². The number of aromatic nitrogens is 11. The Bertz CT molecular complexity index is 6370. The number of carboxylic acid groups (broad SMARTS) is 1. The van der Waals surface area contributed by atoms with Crippen LogP contribution < -0.4 is 37.6 Å². The van der Waals surface area contributed by atoms with E-state index in [1.54, 1.807) is 149 Å². The highest BCUT2D eigenvalue weighted by molar-refractivity contribution is 9.09. The number of carbonyl (C=O) groups excluding carboxylic acids is 7. The number of Topliss-reactive ketones (excluding diaryl/α,β-unsaturated/α-hetero) is 3. The Kier molecular flexibility index (Phi) is 29.7. The van der Waals surface area contributed by atoms with E-state index in [1.165, 1.54) is 13.0 Å². The Morgan fingerprint density at radius 1 is 0.493 bits per heavy atom. The zero-order chi connectivity index (χ0) is 97.4. The predicted molar refractivity (Wildman–Crippen MR) is 479 cm³/mol. The van der Waals surface area contributed by atoms with Gasteiger partial charge in [0.25, 0.3) is 5.91 Å². The number of halogens is 14. The second kappa shape index (κ2) is 39.1. The molecular weight excluding hydrogens is 1870 g/mol. The summed E-state index contributed by atoms with van der Waals surface area (Å²) in [5, 5.41) is 24.6. The summed E-state index contributed by atoms with van der Waals surface area (Å²) >= 11 is 3.06. The standard InChI is InChI=1S/C26H30F3N5O4.C19H18F3N5O2.C19H16F3N5O.C13H11BrF3N3O.C13H20O4.ClH/c1-6-37-22(35)16-12-18(32-20(16)25(10-11-25)34-23(36)38-24(3,4)5)15-8-7-9-17-19(15)33-21(14(2)31-17)30-13-26(27,28)29;1-9-16(24-8-19(20,21)22)27-14-10(3-2-4-12(14)25-9)13-7-11(17(28)29)15(26-13)18(23)5-6-18;1-9-16(23-8-19(20,21)22)26-14-10(3-2-4-12(14)24-9)13-7-11-15(25-13)18(5-6-18)27-17(11)28;1-7-12(18-6-13(15,16)17)20-11-8(10(21)5-14)3-2-4-9(11)19-7;1-9(14)7-10(15)13(5-6-13)8-11(16)17-12(2,3)4;/h7-9,12,32H,6,10-11,13H2,1-5H3,(H,30,33)(H,34,36);2-4,7,26H,5-6,8,23H2,1H3,(H,24,27)(H,28,29);2-4,7,25H,5-6,8H2,1H3,(H,23,26)(H,27,28);2-4H,5-6H2,1H3,(H,18,20);5-8H2,1-4H3;1H. The molecule has 7 aromatic heterocycles. The second-order valence-corrected chi connectivity index (χ2v) is 35.5. The van der Waals surface area contributed by atoms with Crippen LogP contribution in [-0.4, -0.2) is 181 Å². The zero-order valence-corrected chi connectivity index (χ0v) is 76.8. The monoisotopic (exact) mass is 1960 g/mol. The SMILES string of the molecule is CC(=O)CC(=O)C1(CC(=O)OC(C)(C)C)CC1.CCOC(=O)c1cc(-c2cccc3nc(C)c(NCC(F)(F)F)nc23)[nH]c1C1(NC(=O)OC(C)(C)C)CC1.Cc1nc2cccc(-c3cc(C(=O)O)c(C4(N)CC4)[nH]3)c2nc1NCC(F)(F)F.Cc1nc2cccc(-c3cc4c([nH]3)C3(CC3)NC4=O)c2nc1NCC(F)(F)F.Cc1nc2cccc(C(=O)CBr)c2nc1NCC(F)(F)F.Cl. The summed E-state index contributed by atoms with van der Waals surface area (Å²) in [6.45, 7) is 15.3. The molecule has 0 atom stereocenters. The van der Waals surface area contributed by atoms with Crippen LogP contribution in [0.3, 0.4) is 0 Å². The number of alkyl carbamates (subject to hydrolysis) is 1. The third-order valence-electron chi connectivity index (χ3n) is 21.6. The minimum absolute atomic E-state index is 0. The van der Waals surface area contributed by atoms with Crippen molar-refractivity contribution in [2.75, 3.05) is 59.4 Å². The first kappa shape index (κ1) is 102. The molecule has 1 spiro atoms. The van der Waals surface area contributed by atoms with E-state index in [0.29, 0.717) is 156 Å². The van der Waals surface area contributed by atoms with Gasteiger partial charge in [-0.25, -0.2) is 54.3 Å². The minimum Gasteiger partial charge on any atom is -0.478 e. The van der Waals surface area contributed by atoms with Crippen LogP contribution in [0.25, 0.3) is 77.9 Å². The number of ketones is 3. The molecule has 1 aliphatic heterocycles. The van der Waals surface area contributed by atoms with Crippen LogP contribution >= 0.6 is 28.3 Å². The summed E-state index contributed by atoms with van der Waals surface area (Å²) in [4.78, 5) is 140. The van der Waals surface area contributed by atoms with Crippen molar-refractivity contribution in [2.24, 2.45) is 11.1 Å². The number of anilines is 4. The van der Waals surface area contributed by atoms with Gasteiger partial charge < -0.3 is 71.9 Å². The minimum atomic E-state index is -4.43. The molecule has 2 amide bonds. The molecule has 11 aromatic rings. The van der Waals surface area contributed by atoms with E-state index in [9.17, 15) is 96.1 Å². The number of benzene rings is 4. The Morgan fingerprint density at radius 2 is 0.881 bits per heavy atom. The van der Waals surface area contributed by atoms with Gasteiger partial charge in [-0.05, 0) is 183 Å². The molecule has 12 N–H and O–H groups in total. The van der Waals surface area contributed by atoms with Crippen molar-refractivity contribution in [3.05, 3.63) is 153 Å². The fourth-order valence-electron chi connectivity index (χ4n) is 14.7. The highest BCUT2D eigenvalue weighted by Crippen LogP contribution is 2.53. The summed E-state index contributed by atoms with van der Waals surface area (Å²) in [5.41, 5.74) is 13.8. The quantitative estimate of drug-likeness (QED) is 0.00668. The van der Waals surface area contributed by atoms with Gasteiger partial charge in [-0.2, -0.15) is 52.7 Å². The van der Waals surface area contributed by atoms with Gasteiger partial charge in [0.2, 0.25) is 0 Å². The molecule has 4 aromatic carbocycles. The maximum atomic E-state index is 12.9. The second-order valence-electron chi connectivity index (χ2n) is 34.9. The number of hydrogen-bond donors (Lipinski definition) is 11. The molecule has 4 fully saturated rings. The first-order valence-corrected chi connectivity index (χ1v) is 43.0. The highest BCUT2D eigenvalue weighted by atomic mass is 79.9. The lowest BCUT2D eigenvalue weighted by molar-refractivity contribution is -0.158. The van der Waals surface area contributed by atoms with Gasteiger partial charge in [-0.3, -0.25) is 24.0 Å². The van der Waals surface area contributed by atoms with E-state index in [-0.39, 0.29) is 112 Å². The van der Waals surface area contributed by atoms with Gasteiger partial charge in [0.15, 0.2) is 5.78 Å². The molecular formula is C90H96BrClF12N18O12. The van der Waals surface area contributed by atoms with E-state index >= 15 is 0 Å². The number of carboxylic acids is 1. The largest absolute Gasteiger partial charge is 0.478 e. The number of esters is 2. The van der Waals surface area contributed by atoms with E-state index in [0.717, 1.165) is 18.5 Å². The number of aromatic carboxylic acids is 1. The van der Waals surface area contributed by atoms with Crippen molar-refractivity contribution in [2.45, 2.75) is 200 Å². The topological polar surface area (TPSA) is 433 Å². The first-order chi connectivity index (χ1) is 62.0. The number of carbonyl (C=O) groups is 8. The number of aryl methyl sites for hydroxylation is 4. The number of rotatable bonds is 24. The predicted octanol–water partition coefficient (Wildman–Crippen LogP) is 18.7. The molecule has 4 aliphatic carbocycles. The number of nitrogens with zero attached hydrogens (tertiary/aromatic N) is 8. The number of H-pyrrole nitrogens is 3. The molecule has 30 nitrogen and oxygen atoms in total. The molecule has 4 saturated carbocycles. The normalized spacial score (nSPS) is 15.1. The lowest BCUT2D eigenvalue weighted by Gasteiger charge is -2.23. The van der Waals surface area contributed by atoms with Crippen LogP contribution in [0.4, 0.5) is 80.8 Å². The molecule has 0 bridgehead atoms. The summed E-state index contributed by atoms with van der Waals surface area (Å²) in [6.07, 6.45) is -12.4. The third-order valence-corrected chi connectivity index (χ3v) is 22.1. The van der Waals surface area contributed by atoms with E-state index in [4.69, 9.17) is 19.9 Å². The number of nitrogens with one attached hydrogen (secondary N) is 9. The number of para-hydroxylation sites is 4. The maximum Gasteiger partial charge on any atom is 0.408 e. The highest BCUT2D eigenvalue weighted by Gasteiger charge is 2.55. The smallest absolute Gasteiger partial charge is 0.408 e. The number of fused-ring (bicyclic) bond motifs is 6. The average molecular weight is 1970 g/mol. The van der Waals surface area contributed by atoms with Crippen molar-refractivity contribution < 1.29 is 110 Å². The molecule has 134 heavy (non-hydrogen) atoms. The van der Waals surface area contributed by atoms with Gasteiger partial charge in [0.05, 0.1) is 120 Å².